The van der Waals surface area contributed by atoms with Gasteiger partial charge in [-0.15, -0.1) is 0 Å². The number of nitrogens with one attached hydrogen (secondary N) is 1. The van der Waals surface area contributed by atoms with E-state index in [-0.39, 0.29) is 22.7 Å². The van der Waals surface area contributed by atoms with Gasteiger partial charge in [-0.05, 0) is 47.0 Å². The highest BCUT2D eigenvalue weighted by Gasteiger charge is 2.36. The number of hydrogen-bond acceptors (Lipinski definition) is 5. The van der Waals surface area contributed by atoms with Crippen molar-refractivity contribution in [1.29, 1.82) is 5.41 Å². The Morgan fingerprint density at radius 1 is 1.11 bits per heavy atom. The van der Waals surface area contributed by atoms with E-state index in [0.717, 1.165) is 27.3 Å². The molecule has 0 fully saturated rings. The van der Waals surface area contributed by atoms with E-state index in [0.29, 0.717) is 18.3 Å². The van der Waals surface area contributed by atoms with Crippen LogP contribution in [0.5, 0.6) is 5.75 Å². The molecule has 2 aromatic carbocycles. The lowest BCUT2D eigenvalue weighted by atomic mass is 9.87. The molecule has 2 aliphatic heterocycles. The summed E-state index contributed by atoms with van der Waals surface area (Å²) < 4.78 is 8.15. The molecule has 0 bridgehead atoms. The average Bonchev–Trinajstić information content (AvgIpc) is 3.44. The first kappa shape index (κ1) is 25.0. The molecule has 5 rings (SSSR count). The minimum Gasteiger partial charge on any atom is -0.492 e. The van der Waals surface area contributed by atoms with Crippen LogP contribution in [0.1, 0.15) is 45.7 Å². The van der Waals surface area contributed by atoms with Crippen LogP contribution in [0.15, 0.2) is 70.4 Å². The molecule has 0 atom stereocenters. The minimum absolute atomic E-state index is 0.0528. The smallest absolute Gasteiger partial charge is 0.283 e. The van der Waals surface area contributed by atoms with Crippen molar-refractivity contribution >= 4 is 50.7 Å². The fourth-order valence-electron chi connectivity index (χ4n) is 4.28. The summed E-state index contributed by atoms with van der Waals surface area (Å²) in [6.07, 6.45) is 3.76. The fraction of sp³-hybridized carbons (Fsp3) is 0.310. The van der Waals surface area contributed by atoms with Crippen LogP contribution in [0.2, 0.25) is 0 Å². The molecular formula is C29H31N5O2S. The third-order valence-electron chi connectivity index (χ3n) is 6.40. The van der Waals surface area contributed by atoms with Crippen LogP contribution in [-0.4, -0.2) is 38.1 Å². The van der Waals surface area contributed by atoms with Crippen LogP contribution in [-0.2, 0) is 16.8 Å². The molecule has 2 aliphatic rings. The molecule has 0 saturated carbocycles. The third kappa shape index (κ3) is 4.98. The Hall–Kier alpha value is -3.65. The topological polar surface area (TPSA) is 83.0 Å². The predicted molar refractivity (Wildman–Crippen MR) is 152 cm³/mol. The van der Waals surface area contributed by atoms with E-state index in [2.05, 4.69) is 53.6 Å². The molecule has 1 amide bonds. The van der Waals surface area contributed by atoms with Crippen LogP contribution in [0, 0.1) is 11.3 Å². The van der Waals surface area contributed by atoms with E-state index in [9.17, 15) is 4.79 Å². The van der Waals surface area contributed by atoms with Crippen molar-refractivity contribution in [2.45, 2.75) is 46.6 Å². The summed E-state index contributed by atoms with van der Waals surface area (Å²) in [6.45, 7) is 11.8. The van der Waals surface area contributed by atoms with Crippen LogP contribution >= 0.6 is 11.8 Å². The highest BCUT2D eigenvalue weighted by molar-refractivity contribution is 8.27. The van der Waals surface area contributed by atoms with E-state index >= 15 is 0 Å². The van der Waals surface area contributed by atoms with E-state index in [1.54, 1.807) is 6.08 Å². The molecule has 37 heavy (non-hydrogen) atoms. The van der Waals surface area contributed by atoms with Crippen LogP contribution in [0.4, 0.5) is 0 Å². The van der Waals surface area contributed by atoms with Gasteiger partial charge in [0, 0.05) is 28.6 Å². The number of fused-ring (bicyclic) bond motifs is 2. The van der Waals surface area contributed by atoms with Crippen LogP contribution < -0.4 is 4.74 Å². The molecule has 0 radical (unpaired) electrons. The quantitative estimate of drug-likeness (QED) is 0.393. The number of carbonyl (C=O) groups is 1. The summed E-state index contributed by atoms with van der Waals surface area (Å²) in [5.74, 6) is 0.677. The Morgan fingerprint density at radius 3 is 2.54 bits per heavy atom. The van der Waals surface area contributed by atoms with Gasteiger partial charge in [0.15, 0.2) is 5.84 Å². The molecular weight excluding hydrogens is 482 g/mol. The van der Waals surface area contributed by atoms with E-state index in [1.165, 1.54) is 22.3 Å². The van der Waals surface area contributed by atoms with Crippen molar-refractivity contribution in [3.63, 3.8) is 0 Å². The number of hydrogen-bond donors (Lipinski definition) is 1. The maximum atomic E-state index is 12.9. The van der Waals surface area contributed by atoms with Crippen molar-refractivity contribution in [1.82, 2.24) is 9.58 Å². The van der Waals surface area contributed by atoms with Crippen LogP contribution in [0.25, 0.3) is 17.0 Å². The zero-order valence-corrected chi connectivity index (χ0v) is 22.6. The monoisotopic (exact) mass is 513 g/mol. The van der Waals surface area contributed by atoms with Crippen molar-refractivity contribution in [2.75, 3.05) is 6.61 Å². The van der Waals surface area contributed by atoms with Gasteiger partial charge in [0.05, 0.1) is 12.1 Å². The van der Waals surface area contributed by atoms with Crippen molar-refractivity contribution in [2.24, 2.45) is 16.0 Å². The first-order valence-corrected chi connectivity index (χ1v) is 13.2. The Balaban J connectivity index is 1.37. The molecule has 3 aromatic rings. The first-order chi connectivity index (χ1) is 17.6. The molecule has 3 heterocycles. The van der Waals surface area contributed by atoms with Gasteiger partial charge < -0.3 is 9.30 Å². The van der Waals surface area contributed by atoms with Crippen LogP contribution in [0.3, 0.4) is 0 Å². The number of nitrogens with zero attached hydrogens (tertiary/aromatic N) is 4. The number of benzene rings is 2. The SMILES string of the molecule is CC(C)C1=NN2C(=N)/C(=C\c3cn(CCOc4ccc(C(C)(C)C)cc4)c4ccccc34)C(=O)N=C2S1. The fourth-order valence-corrected chi connectivity index (χ4v) is 5.18. The zero-order chi connectivity index (χ0) is 26.3. The van der Waals surface area contributed by atoms with Gasteiger partial charge in [-0.1, -0.05) is 65.0 Å². The summed E-state index contributed by atoms with van der Waals surface area (Å²) >= 11 is 1.35. The number of amides is 1. The summed E-state index contributed by atoms with van der Waals surface area (Å²) in [6, 6.07) is 16.3. The predicted octanol–water partition coefficient (Wildman–Crippen LogP) is 6.29. The highest BCUT2D eigenvalue weighted by Crippen LogP contribution is 2.32. The van der Waals surface area contributed by atoms with Crippen molar-refractivity contribution in [3.8, 4) is 5.75 Å². The number of aromatic nitrogens is 1. The number of rotatable bonds is 6. The minimum atomic E-state index is -0.414. The summed E-state index contributed by atoms with van der Waals surface area (Å²) in [5.41, 5.74) is 3.50. The molecule has 0 spiro atoms. The number of para-hydroxylation sites is 1. The number of thioether (sulfide) groups is 1. The van der Waals surface area contributed by atoms with Gasteiger partial charge in [-0.25, -0.2) is 0 Å². The van der Waals surface area contributed by atoms with E-state index < -0.39 is 5.91 Å². The third-order valence-corrected chi connectivity index (χ3v) is 7.61. The first-order valence-electron chi connectivity index (χ1n) is 12.4. The van der Waals surface area contributed by atoms with E-state index in [4.69, 9.17) is 10.1 Å². The zero-order valence-electron chi connectivity index (χ0n) is 21.8. The maximum Gasteiger partial charge on any atom is 0.283 e. The van der Waals surface area contributed by atoms with Gasteiger partial charge in [-0.3, -0.25) is 10.2 Å². The second kappa shape index (κ2) is 9.67. The number of amidine groups is 2. The average molecular weight is 514 g/mol. The molecule has 1 N–H and O–H groups in total. The number of carbonyl (C=O) groups excluding carboxylic acids is 1. The highest BCUT2D eigenvalue weighted by atomic mass is 32.2. The van der Waals surface area contributed by atoms with Gasteiger partial charge in [0.2, 0.25) is 5.17 Å². The molecule has 0 unspecified atom stereocenters. The Labute approximate surface area is 221 Å². The molecule has 0 aliphatic carbocycles. The standard InChI is InChI=1S/C29H31N5O2S/c1-18(2)27-32-34-25(30)23(26(35)31-28(34)37-27)16-19-17-33(24-9-7-6-8-22(19)24)14-15-36-21-12-10-20(11-13-21)29(3,4)5/h6-13,16-18,30H,14-15H2,1-5H3/b23-16+,30-25?. The van der Waals surface area contributed by atoms with Gasteiger partial charge in [-0.2, -0.15) is 15.1 Å². The van der Waals surface area contributed by atoms with Gasteiger partial charge in [0.1, 0.15) is 17.4 Å². The van der Waals surface area contributed by atoms with Crippen molar-refractivity contribution < 1.29 is 9.53 Å². The molecule has 1 aromatic heterocycles. The summed E-state index contributed by atoms with van der Waals surface area (Å²) in [7, 11) is 0. The molecule has 0 saturated heterocycles. The molecule has 7 nitrogen and oxygen atoms in total. The summed E-state index contributed by atoms with van der Waals surface area (Å²) in [5, 5.41) is 16.9. The van der Waals surface area contributed by atoms with E-state index in [1.807, 2.05) is 50.4 Å². The van der Waals surface area contributed by atoms with Gasteiger partial charge >= 0.3 is 0 Å². The largest absolute Gasteiger partial charge is 0.492 e. The second-order valence-electron chi connectivity index (χ2n) is 10.5. The lowest BCUT2D eigenvalue weighted by molar-refractivity contribution is -0.114. The number of aliphatic imine (C=N–C) groups is 1. The molecule has 190 valence electrons. The Morgan fingerprint density at radius 2 is 1.84 bits per heavy atom. The van der Waals surface area contributed by atoms with Gasteiger partial charge in [0.25, 0.3) is 5.91 Å². The maximum absolute atomic E-state index is 12.9. The number of ether oxygens (including phenoxy) is 1. The number of hydrazone groups is 1. The second-order valence-corrected chi connectivity index (χ2v) is 11.5. The molecule has 8 heteroatoms. The Kier molecular flexibility index (Phi) is 6.54. The normalized spacial score (nSPS) is 17.0. The summed E-state index contributed by atoms with van der Waals surface area (Å²) in [4.78, 5) is 17.1. The van der Waals surface area contributed by atoms with Crippen molar-refractivity contribution in [3.05, 3.63) is 71.4 Å². The lowest BCUT2D eigenvalue weighted by Gasteiger charge is -2.20. The lowest BCUT2D eigenvalue weighted by Crippen LogP contribution is -2.35. The Bertz CT molecular complexity index is 1470.